The molecule has 106 valence electrons. The van der Waals surface area contributed by atoms with Crippen LogP contribution in [0, 0.1) is 11.6 Å². The summed E-state index contributed by atoms with van der Waals surface area (Å²) in [6.07, 6.45) is 0.361. The van der Waals surface area contributed by atoms with Gasteiger partial charge in [0.05, 0.1) is 6.04 Å². The van der Waals surface area contributed by atoms with Crippen molar-refractivity contribution in [3.63, 3.8) is 0 Å². The maximum absolute atomic E-state index is 13.9. The van der Waals surface area contributed by atoms with E-state index in [0.717, 1.165) is 5.56 Å². The molecular formula is C14H12Br2F2N2. The SMILES string of the molecule is NNC(Cc1ccc(Br)cc1F)c1ccc(F)cc1Br. The van der Waals surface area contributed by atoms with E-state index in [2.05, 4.69) is 37.3 Å². The van der Waals surface area contributed by atoms with Crippen molar-refractivity contribution in [2.45, 2.75) is 12.5 Å². The minimum atomic E-state index is -0.341. The number of rotatable bonds is 4. The van der Waals surface area contributed by atoms with Crippen molar-refractivity contribution < 1.29 is 8.78 Å². The molecule has 2 aromatic rings. The van der Waals surface area contributed by atoms with Gasteiger partial charge in [-0.3, -0.25) is 11.3 Å². The van der Waals surface area contributed by atoms with Crippen LogP contribution >= 0.6 is 31.9 Å². The summed E-state index contributed by atoms with van der Waals surface area (Å²) in [5.74, 6) is 4.89. The molecule has 1 unspecified atom stereocenters. The molecule has 2 nitrogen and oxygen atoms in total. The van der Waals surface area contributed by atoms with Gasteiger partial charge in [0, 0.05) is 8.95 Å². The molecule has 0 radical (unpaired) electrons. The molecule has 0 saturated heterocycles. The normalized spacial score (nSPS) is 12.4. The summed E-state index contributed by atoms with van der Waals surface area (Å²) in [6.45, 7) is 0. The van der Waals surface area contributed by atoms with Crippen molar-refractivity contribution in [2.75, 3.05) is 0 Å². The van der Waals surface area contributed by atoms with Crippen molar-refractivity contribution in [1.82, 2.24) is 5.43 Å². The summed E-state index contributed by atoms with van der Waals surface area (Å²) in [4.78, 5) is 0. The summed E-state index contributed by atoms with van der Waals surface area (Å²) >= 11 is 6.51. The first-order valence-electron chi connectivity index (χ1n) is 5.86. The molecule has 20 heavy (non-hydrogen) atoms. The van der Waals surface area contributed by atoms with Gasteiger partial charge in [0.15, 0.2) is 0 Å². The zero-order valence-electron chi connectivity index (χ0n) is 10.3. The van der Waals surface area contributed by atoms with Crippen LogP contribution in [0.4, 0.5) is 8.78 Å². The van der Waals surface area contributed by atoms with Gasteiger partial charge in [0.25, 0.3) is 0 Å². The highest BCUT2D eigenvalue weighted by Crippen LogP contribution is 2.27. The number of halogens is 4. The van der Waals surface area contributed by atoms with Gasteiger partial charge >= 0.3 is 0 Å². The average Bonchev–Trinajstić information content (AvgIpc) is 2.39. The largest absolute Gasteiger partial charge is 0.271 e. The van der Waals surface area contributed by atoms with Crippen LogP contribution in [-0.2, 0) is 6.42 Å². The molecule has 0 heterocycles. The number of nitrogens with one attached hydrogen (secondary N) is 1. The predicted molar refractivity (Wildman–Crippen MR) is 82.0 cm³/mol. The molecule has 3 N–H and O–H groups in total. The molecule has 0 fully saturated rings. The van der Waals surface area contributed by atoms with E-state index in [0.29, 0.717) is 20.9 Å². The third kappa shape index (κ3) is 3.63. The fourth-order valence-electron chi connectivity index (χ4n) is 1.95. The molecule has 1 atom stereocenters. The van der Waals surface area contributed by atoms with Crippen LogP contribution in [0.3, 0.4) is 0 Å². The number of hydrogen-bond acceptors (Lipinski definition) is 2. The molecule has 2 aromatic carbocycles. The van der Waals surface area contributed by atoms with E-state index in [1.165, 1.54) is 18.2 Å². The van der Waals surface area contributed by atoms with Crippen LogP contribution in [0.5, 0.6) is 0 Å². The zero-order valence-corrected chi connectivity index (χ0v) is 13.5. The Balaban J connectivity index is 2.28. The monoisotopic (exact) mass is 404 g/mol. The van der Waals surface area contributed by atoms with E-state index in [4.69, 9.17) is 5.84 Å². The lowest BCUT2D eigenvalue weighted by Crippen LogP contribution is -2.30. The lowest BCUT2D eigenvalue weighted by molar-refractivity contribution is 0.525. The molecule has 0 aliphatic carbocycles. The van der Waals surface area contributed by atoms with Crippen molar-refractivity contribution >= 4 is 31.9 Å². The second-order valence-corrected chi connectivity index (χ2v) is 6.09. The van der Waals surface area contributed by atoms with Crippen molar-refractivity contribution in [3.8, 4) is 0 Å². The first kappa shape index (κ1) is 15.6. The topological polar surface area (TPSA) is 38.0 Å². The lowest BCUT2D eigenvalue weighted by Gasteiger charge is -2.18. The Hall–Kier alpha value is -0.820. The van der Waals surface area contributed by atoms with Gasteiger partial charge in [-0.05, 0) is 41.8 Å². The van der Waals surface area contributed by atoms with Gasteiger partial charge in [-0.15, -0.1) is 0 Å². The maximum Gasteiger partial charge on any atom is 0.127 e. The molecule has 0 amide bonds. The van der Waals surface area contributed by atoms with Crippen molar-refractivity contribution in [1.29, 1.82) is 0 Å². The molecule has 0 saturated carbocycles. The Morgan fingerprint density at radius 3 is 2.45 bits per heavy atom. The van der Waals surface area contributed by atoms with E-state index >= 15 is 0 Å². The molecule has 0 bridgehead atoms. The minimum absolute atomic E-state index is 0.308. The Morgan fingerprint density at radius 1 is 1.10 bits per heavy atom. The molecule has 0 spiro atoms. The van der Waals surface area contributed by atoms with E-state index < -0.39 is 0 Å². The van der Waals surface area contributed by atoms with Gasteiger partial charge in [-0.2, -0.15) is 0 Å². The first-order valence-corrected chi connectivity index (χ1v) is 7.45. The highest BCUT2D eigenvalue weighted by atomic mass is 79.9. The van der Waals surface area contributed by atoms with Crippen molar-refractivity contribution in [3.05, 3.63) is 68.1 Å². The summed E-state index contributed by atoms with van der Waals surface area (Å²) in [5.41, 5.74) is 3.95. The van der Waals surface area contributed by atoms with Crippen LogP contribution < -0.4 is 11.3 Å². The Kier molecular flexibility index (Phi) is 5.26. The first-order chi connectivity index (χ1) is 9.51. The fourth-order valence-corrected chi connectivity index (χ4v) is 2.91. The highest BCUT2D eigenvalue weighted by Gasteiger charge is 2.16. The molecule has 0 aromatic heterocycles. The van der Waals surface area contributed by atoms with Crippen LogP contribution in [0.25, 0.3) is 0 Å². The fraction of sp³-hybridized carbons (Fsp3) is 0.143. The van der Waals surface area contributed by atoms with Gasteiger partial charge in [-0.1, -0.05) is 44.0 Å². The number of hydrazine groups is 1. The predicted octanol–water partition coefficient (Wildman–Crippen LogP) is 4.24. The standard InChI is InChI=1S/C14H12Br2F2N2/c15-9-2-1-8(13(18)6-9)5-14(20-19)11-4-3-10(17)7-12(11)16/h1-4,6-7,14,20H,5,19H2. The Morgan fingerprint density at radius 2 is 1.85 bits per heavy atom. The third-order valence-electron chi connectivity index (χ3n) is 2.98. The van der Waals surface area contributed by atoms with E-state index in [1.54, 1.807) is 18.2 Å². The van der Waals surface area contributed by atoms with Gasteiger partial charge in [-0.25, -0.2) is 8.78 Å². The maximum atomic E-state index is 13.9. The van der Waals surface area contributed by atoms with E-state index in [9.17, 15) is 8.78 Å². The van der Waals surface area contributed by atoms with Crippen LogP contribution in [-0.4, -0.2) is 0 Å². The Bertz CT molecular complexity index is 620. The molecule has 2 rings (SSSR count). The van der Waals surface area contributed by atoms with Gasteiger partial charge in [0.2, 0.25) is 0 Å². The summed E-state index contributed by atoms with van der Waals surface area (Å²) in [5, 5.41) is 0. The number of hydrogen-bond donors (Lipinski definition) is 2. The van der Waals surface area contributed by atoms with Crippen LogP contribution in [0.1, 0.15) is 17.2 Å². The number of nitrogens with two attached hydrogens (primary N) is 1. The third-order valence-corrected chi connectivity index (χ3v) is 4.16. The zero-order chi connectivity index (χ0) is 14.7. The molecular weight excluding hydrogens is 394 g/mol. The lowest BCUT2D eigenvalue weighted by atomic mass is 9.99. The highest BCUT2D eigenvalue weighted by molar-refractivity contribution is 9.10. The summed E-state index contributed by atoms with van der Waals surface area (Å²) in [6, 6.07) is 8.89. The summed E-state index contributed by atoms with van der Waals surface area (Å²) in [7, 11) is 0. The number of benzene rings is 2. The second-order valence-electron chi connectivity index (χ2n) is 4.32. The molecule has 0 aliphatic rings. The molecule has 6 heteroatoms. The summed E-state index contributed by atoms with van der Waals surface area (Å²) < 4.78 is 28.2. The van der Waals surface area contributed by atoms with E-state index in [-0.39, 0.29) is 17.7 Å². The quantitative estimate of drug-likeness (QED) is 0.589. The van der Waals surface area contributed by atoms with Gasteiger partial charge < -0.3 is 0 Å². The Labute approximate surface area is 132 Å². The van der Waals surface area contributed by atoms with Gasteiger partial charge in [0.1, 0.15) is 11.6 Å². The van der Waals surface area contributed by atoms with Crippen LogP contribution in [0.15, 0.2) is 45.3 Å². The van der Waals surface area contributed by atoms with Crippen molar-refractivity contribution in [2.24, 2.45) is 5.84 Å². The minimum Gasteiger partial charge on any atom is -0.271 e. The smallest absolute Gasteiger partial charge is 0.127 e. The van der Waals surface area contributed by atoms with E-state index in [1.807, 2.05) is 0 Å². The second kappa shape index (κ2) is 6.76. The van der Waals surface area contributed by atoms with Crippen LogP contribution in [0.2, 0.25) is 0 Å². The molecule has 0 aliphatic heterocycles. The average molecular weight is 406 g/mol.